The second-order valence-corrected chi connectivity index (χ2v) is 3.37. The average molecular weight is 151 g/mol. The van der Waals surface area contributed by atoms with Crippen LogP contribution in [0.2, 0.25) is 0 Å². The third kappa shape index (κ3) is 0.940. The van der Waals surface area contributed by atoms with Crippen LogP contribution in [0.25, 0.3) is 0 Å². The number of allylic oxidation sites excluding steroid dienone is 2. The lowest BCUT2D eigenvalue weighted by atomic mass is 9.76. The van der Waals surface area contributed by atoms with E-state index < -0.39 is 0 Å². The highest BCUT2D eigenvalue weighted by Gasteiger charge is 2.39. The minimum absolute atomic E-state index is 0.00868. The maximum Gasteiger partial charge on any atom is 0.0540 e. The number of rotatable bonds is 1. The van der Waals surface area contributed by atoms with E-state index in [1.54, 1.807) is 0 Å². The zero-order chi connectivity index (χ0) is 7.73. The Bertz CT molecular complexity index is 210. The van der Waals surface area contributed by atoms with E-state index in [0.29, 0.717) is 5.92 Å². The lowest BCUT2D eigenvalue weighted by molar-refractivity contribution is 0.160. The summed E-state index contributed by atoms with van der Waals surface area (Å²) in [5.74, 6) is 0.498. The summed E-state index contributed by atoms with van der Waals surface area (Å²) >= 11 is 0. The van der Waals surface area contributed by atoms with Crippen molar-refractivity contribution in [1.29, 1.82) is 0 Å². The minimum Gasteiger partial charge on any atom is -0.395 e. The summed E-state index contributed by atoms with van der Waals surface area (Å²) in [5.41, 5.74) is 0.00868. The molecule has 2 heteroatoms. The van der Waals surface area contributed by atoms with E-state index in [0.717, 1.165) is 13.1 Å². The molecule has 0 aromatic rings. The Morgan fingerprint density at radius 3 is 3.18 bits per heavy atom. The molecule has 0 radical (unpaired) electrons. The molecule has 2 nitrogen and oxygen atoms in total. The van der Waals surface area contributed by atoms with Crippen molar-refractivity contribution in [3.63, 3.8) is 0 Å². The maximum atomic E-state index is 9.23. The molecular formula is C9H13NO. The smallest absolute Gasteiger partial charge is 0.0540 e. The fraction of sp³-hybridized carbons (Fsp3) is 0.556. The highest BCUT2D eigenvalue weighted by molar-refractivity contribution is 5.23. The molecule has 2 N–H and O–H groups in total. The minimum atomic E-state index is 0.00868. The van der Waals surface area contributed by atoms with Crippen LogP contribution in [0.3, 0.4) is 0 Å². The molecule has 0 bridgehead atoms. The van der Waals surface area contributed by atoms with Crippen molar-refractivity contribution in [3.05, 3.63) is 24.3 Å². The van der Waals surface area contributed by atoms with Crippen LogP contribution in [0.5, 0.6) is 0 Å². The third-order valence-corrected chi connectivity index (χ3v) is 2.73. The average Bonchev–Trinajstić information content (AvgIpc) is 2.48. The predicted molar refractivity (Wildman–Crippen MR) is 44.2 cm³/mol. The normalized spacial score (nSPS) is 41.0. The molecule has 0 saturated carbocycles. The molecule has 1 fully saturated rings. The van der Waals surface area contributed by atoms with Gasteiger partial charge in [-0.2, -0.15) is 0 Å². The topological polar surface area (TPSA) is 32.3 Å². The summed E-state index contributed by atoms with van der Waals surface area (Å²) < 4.78 is 0. The number of aliphatic hydroxyl groups excluding tert-OH is 1. The van der Waals surface area contributed by atoms with Gasteiger partial charge < -0.3 is 10.4 Å². The molecule has 0 amide bonds. The Kier molecular flexibility index (Phi) is 1.59. The zero-order valence-corrected chi connectivity index (χ0v) is 6.46. The van der Waals surface area contributed by atoms with Gasteiger partial charge in [0.05, 0.1) is 6.61 Å². The van der Waals surface area contributed by atoms with Gasteiger partial charge in [0.15, 0.2) is 0 Å². The lowest BCUT2D eigenvalue weighted by Gasteiger charge is -2.29. The predicted octanol–water partition coefficient (Wildman–Crippen LogP) is 0.310. The van der Waals surface area contributed by atoms with Crippen molar-refractivity contribution in [3.8, 4) is 0 Å². The van der Waals surface area contributed by atoms with E-state index in [1.807, 2.05) is 6.08 Å². The number of aliphatic hydroxyl groups is 1. The van der Waals surface area contributed by atoms with Crippen LogP contribution in [-0.2, 0) is 0 Å². The lowest BCUT2D eigenvalue weighted by Crippen LogP contribution is -2.32. The van der Waals surface area contributed by atoms with E-state index in [1.165, 1.54) is 0 Å². The van der Waals surface area contributed by atoms with Crippen molar-refractivity contribution in [2.75, 3.05) is 19.7 Å². The zero-order valence-electron chi connectivity index (χ0n) is 6.46. The van der Waals surface area contributed by atoms with Crippen molar-refractivity contribution in [2.24, 2.45) is 11.3 Å². The van der Waals surface area contributed by atoms with E-state index in [9.17, 15) is 5.11 Å². The van der Waals surface area contributed by atoms with Gasteiger partial charge in [-0.05, 0) is 0 Å². The molecule has 11 heavy (non-hydrogen) atoms. The Morgan fingerprint density at radius 1 is 1.55 bits per heavy atom. The summed E-state index contributed by atoms with van der Waals surface area (Å²) in [6.07, 6.45) is 8.39. The molecule has 2 atom stereocenters. The van der Waals surface area contributed by atoms with Gasteiger partial charge in [0.25, 0.3) is 0 Å². The summed E-state index contributed by atoms with van der Waals surface area (Å²) in [5, 5.41) is 12.5. The monoisotopic (exact) mass is 151 g/mol. The van der Waals surface area contributed by atoms with Crippen LogP contribution in [-0.4, -0.2) is 24.8 Å². The molecule has 1 saturated heterocycles. The van der Waals surface area contributed by atoms with Crippen molar-refractivity contribution >= 4 is 0 Å². The van der Waals surface area contributed by atoms with Crippen molar-refractivity contribution in [1.82, 2.24) is 5.32 Å². The van der Waals surface area contributed by atoms with E-state index in [-0.39, 0.29) is 12.0 Å². The van der Waals surface area contributed by atoms with E-state index in [2.05, 4.69) is 23.5 Å². The SMILES string of the molecule is OCC12C=CC=CC1CNC2. The summed E-state index contributed by atoms with van der Waals surface area (Å²) in [4.78, 5) is 0. The summed E-state index contributed by atoms with van der Waals surface area (Å²) in [6, 6.07) is 0. The third-order valence-electron chi connectivity index (χ3n) is 2.73. The Morgan fingerprint density at radius 2 is 2.45 bits per heavy atom. The quantitative estimate of drug-likeness (QED) is 0.565. The summed E-state index contributed by atoms with van der Waals surface area (Å²) in [7, 11) is 0. The molecule has 1 heterocycles. The molecule has 2 aliphatic rings. The van der Waals surface area contributed by atoms with Gasteiger partial charge in [0.2, 0.25) is 0 Å². The molecule has 60 valence electrons. The van der Waals surface area contributed by atoms with Gasteiger partial charge in [-0.25, -0.2) is 0 Å². The Labute approximate surface area is 66.6 Å². The Balaban J connectivity index is 2.28. The highest BCUT2D eigenvalue weighted by Crippen LogP contribution is 2.35. The first-order valence-electron chi connectivity index (χ1n) is 4.05. The molecule has 2 unspecified atom stereocenters. The molecule has 2 rings (SSSR count). The van der Waals surface area contributed by atoms with Crippen LogP contribution in [0.15, 0.2) is 24.3 Å². The van der Waals surface area contributed by atoms with E-state index >= 15 is 0 Å². The molecule has 1 aliphatic heterocycles. The van der Waals surface area contributed by atoms with Crippen LogP contribution < -0.4 is 5.32 Å². The van der Waals surface area contributed by atoms with E-state index in [4.69, 9.17) is 0 Å². The van der Waals surface area contributed by atoms with Crippen LogP contribution >= 0.6 is 0 Å². The fourth-order valence-corrected chi connectivity index (χ4v) is 1.91. The number of hydrogen-bond donors (Lipinski definition) is 2. The second-order valence-electron chi connectivity index (χ2n) is 3.37. The van der Waals surface area contributed by atoms with Crippen molar-refractivity contribution in [2.45, 2.75) is 0 Å². The fourth-order valence-electron chi connectivity index (χ4n) is 1.91. The number of hydrogen-bond acceptors (Lipinski definition) is 2. The standard InChI is InChI=1S/C9H13NO/c11-7-9-4-2-1-3-8(9)5-10-6-9/h1-4,8,10-11H,5-7H2. The number of fused-ring (bicyclic) bond motifs is 1. The Hall–Kier alpha value is -0.600. The first kappa shape index (κ1) is 7.07. The summed E-state index contributed by atoms with van der Waals surface area (Å²) in [6.45, 7) is 2.17. The molecule has 0 aromatic carbocycles. The molecular weight excluding hydrogens is 138 g/mol. The van der Waals surface area contributed by atoms with Gasteiger partial charge in [0, 0.05) is 24.4 Å². The highest BCUT2D eigenvalue weighted by atomic mass is 16.3. The largest absolute Gasteiger partial charge is 0.395 e. The first-order chi connectivity index (χ1) is 5.37. The second kappa shape index (κ2) is 2.47. The molecule has 0 spiro atoms. The number of nitrogens with one attached hydrogen (secondary N) is 1. The van der Waals surface area contributed by atoms with Crippen molar-refractivity contribution < 1.29 is 5.11 Å². The van der Waals surface area contributed by atoms with Gasteiger partial charge in [0.1, 0.15) is 0 Å². The molecule has 0 aromatic heterocycles. The van der Waals surface area contributed by atoms with Gasteiger partial charge >= 0.3 is 0 Å². The first-order valence-corrected chi connectivity index (χ1v) is 4.05. The maximum absolute atomic E-state index is 9.23. The van der Waals surface area contributed by atoms with Gasteiger partial charge in [-0.3, -0.25) is 0 Å². The van der Waals surface area contributed by atoms with Crippen LogP contribution in [0, 0.1) is 11.3 Å². The molecule has 1 aliphatic carbocycles. The van der Waals surface area contributed by atoms with Crippen LogP contribution in [0.1, 0.15) is 0 Å². The van der Waals surface area contributed by atoms with Gasteiger partial charge in [-0.1, -0.05) is 24.3 Å². The van der Waals surface area contributed by atoms with Gasteiger partial charge in [-0.15, -0.1) is 0 Å². The van der Waals surface area contributed by atoms with Crippen LogP contribution in [0.4, 0.5) is 0 Å².